The summed E-state index contributed by atoms with van der Waals surface area (Å²) in [7, 11) is 1.87. The second kappa shape index (κ2) is 5.76. The van der Waals surface area contributed by atoms with Crippen molar-refractivity contribution < 1.29 is 0 Å². The van der Waals surface area contributed by atoms with Crippen LogP contribution >= 0.6 is 23.2 Å². The Hall–Kier alpha value is -0.210. The number of aryl methyl sites for hydroxylation is 2. The van der Waals surface area contributed by atoms with E-state index in [0.717, 1.165) is 35.7 Å². The Morgan fingerprint density at radius 1 is 1.47 bits per heavy atom. The summed E-state index contributed by atoms with van der Waals surface area (Å²) >= 11 is 12.1. The van der Waals surface area contributed by atoms with Gasteiger partial charge in [0.1, 0.15) is 5.15 Å². The zero-order valence-electron chi connectivity index (χ0n) is 9.56. The van der Waals surface area contributed by atoms with Gasteiger partial charge in [-0.05, 0) is 25.7 Å². The molecule has 0 spiro atoms. The highest BCUT2D eigenvalue weighted by molar-refractivity contribution is 6.30. The van der Waals surface area contributed by atoms with Crippen LogP contribution in [0.3, 0.4) is 0 Å². The second-order valence-corrected chi connectivity index (χ2v) is 4.66. The predicted molar refractivity (Wildman–Crippen MR) is 65.8 cm³/mol. The van der Waals surface area contributed by atoms with Crippen LogP contribution in [0.1, 0.15) is 31.0 Å². The molecule has 0 bridgehead atoms. The Kier molecular flexibility index (Phi) is 4.94. The molecule has 0 N–H and O–H groups in total. The molecule has 1 aromatic heterocycles. The Morgan fingerprint density at radius 3 is 2.53 bits per heavy atom. The molecule has 1 atom stereocenters. The SMILES string of the molecule is CCCC(CCl)Cc1c(C)nn(C)c1Cl. The summed E-state index contributed by atoms with van der Waals surface area (Å²) in [6.45, 7) is 4.18. The lowest BCUT2D eigenvalue weighted by molar-refractivity contribution is 0.527. The average molecular weight is 249 g/mol. The quantitative estimate of drug-likeness (QED) is 0.729. The van der Waals surface area contributed by atoms with Gasteiger partial charge in [-0.1, -0.05) is 24.9 Å². The fourth-order valence-corrected chi connectivity index (χ4v) is 2.35. The Morgan fingerprint density at radius 2 is 2.13 bits per heavy atom. The molecule has 0 fully saturated rings. The van der Waals surface area contributed by atoms with Crippen molar-refractivity contribution in [3.63, 3.8) is 0 Å². The zero-order valence-corrected chi connectivity index (χ0v) is 11.1. The molecular formula is C11H18Cl2N2. The van der Waals surface area contributed by atoms with Crippen LogP contribution in [0.4, 0.5) is 0 Å². The molecule has 86 valence electrons. The van der Waals surface area contributed by atoms with Crippen molar-refractivity contribution in [3.8, 4) is 0 Å². The lowest BCUT2D eigenvalue weighted by atomic mass is 9.97. The van der Waals surface area contributed by atoms with Crippen LogP contribution in [-0.4, -0.2) is 15.7 Å². The highest BCUT2D eigenvalue weighted by Gasteiger charge is 2.15. The standard InChI is InChI=1S/C11H18Cl2N2/c1-4-5-9(7-12)6-10-8(2)14-15(3)11(10)13/h9H,4-7H2,1-3H3. The van der Waals surface area contributed by atoms with Gasteiger partial charge in [-0.25, -0.2) is 0 Å². The summed E-state index contributed by atoms with van der Waals surface area (Å²) in [5, 5.41) is 5.05. The van der Waals surface area contributed by atoms with Crippen molar-refractivity contribution in [2.24, 2.45) is 13.0 Å². The van der Waals surface area contributed by atoms with Gasteiger partial charge >= 0.3 is 0 Å². The highest BCUT2D eigenvalue weighted by atomic mass is 35.5. The maximum atomic E-state index is 6.17. The molecule has 2 nitrogen and oxygen atoms in total. The number of hydrogen-bond acceptors (Lipinski definition) is 1. The second-order valence-electron chi connectivity index (χ2n) is 3.99. The van der Waals surface area contributed by atoms with E-state index in [1.807, 2.05) is 14.0 Å². The van der Waals surface area contributed by atoms with E-state index >= 15 is 0 Å². The van der Waals surface area contributed by atoms with Gasteiger partial charge in [-0.3, -0.25) is 4.68 Å². The molecule has 0 aliphatic heterocycles. The van der Waals surface area contributed by atoms with Crippen molar-refractivity contribution in [1.29, 1.82) is 0 Å². The number of rotatable bonds is 5. The molecule has 0 aliphatic rings. The van der Waals surface area contributed by atoms with Gasteiger partial charge in [0.2, 0.25) is 0 Å². The predicted octanol–water partition coefficient (Wildman–Crippen LogP) is 3.58. The molecule has 0 amide bonds. The molecule has 0 saturated heterocycles. The summed E-state index contributed by atoms with van der Waals surface area (Å²) in [5.41, 5.74) is 2.17. The number of aromatic nitrogens is 2. The van der Waals surface area contributed by atoms with E-state index in [1.54, 1.807) is 4.68 Å². The zero-order chi connectivity index (χ0) is 11.4. The van der Waals surface area contributed by atoms with Gasteiger partial charge in [0.15, 0.2) is 0 Å². The van der Waals surface area contributed by atoms with Crippen molar-refractivity contribution in [3.05, 3.63) is 16.4 Å². The first-order valence-corrected chi connectivity index (χ1v) is 6.25. The van der Waals surface area contributed by atoms with Crippen LogP contribution in [0, 0.1) is 12.8 Å². The van der Waals surface area contributed by atoms with Crippen LogP contribution < -0.4 is 0 Å². The van der Waals surface area contributed by atoms with Gasteiger partial charge in [0, 0.05) is 18.5 Å². The van der Waals surface area contributed by atoms with E-state index in [9.17, 15) is 0 Å². The van der Waals surface area contributed by atoms with Crippen LogP contribution in [0.2, 0.25) is 5.15 Å². The largest absolute Gasteiger partial charge is 0.257 e. The molecular weight excluding hydrogens is 231 g/mol. The van der Waals surface area contributed by atoms with E-state index in [0.29, 0.717) is 11.8 Å². The Labute approximate surface area is 102 Å². The van der Waals surface area contributed by atoms with E-state index in [2.05, 4.69) is 12.0 Å². The first kappa shape index (κ1) is 12.9. The Bertz CT molecular complexity index is 321. The van der Waals surface area contributed by atoms with Gasteiger partial charge < -0.3 is 0 Å². The van der Waals surface area contributed by atoms with E-state index in [1.165, 1.54) is 0 Å². The normalized spacial score (nSPS) is 13.1. The Balaban J connectivity index is 2.78. The first-order chi connectivity index (χ1) is 7.10. The number of alkyl halides is 1. The molecule has 1 unspecified atom stereocenters. The van der Waals surface area contributed by atoms with E-state index in [4.69, 9.17) is 23.2 Å². The van der Waals surface area contributed by atoms with Crippen LogP contribution in [0.15, 0.2) is 0 Å². The van der Waals surface area contributed by atoms with Crippen LogP contribution in [-0.2, 0) is 13.5 Å². The minimum atomic E-state index is 0.511. The van der Waals surface area contributed by atoms with Gasteiger partial charge in [0.05, 0.1) is 5.69 Å². The van der Waals surface area contributed by atoms with Gasteiger partial charge in [0.25, 0.3) is 0 Å². The van der Waals surface area contributed by atoms with Crippen LogP contribution in [0.25, 0.3) is 0 Å². The number of halogens is 2. The lowest BCUT2D eigenvalue weighted by Gasteiger charge is -2.12. The molecule has 0 saturated carbocycles. The van der Waals surface area contributed by atoms with Crippen molar-refractivity contribution in [2.45, 2.75) is 33.1 Å². The average Bonchev–Trinajstić information content (AvgIpc) is 2.44. The van der Waals surface area contributed by atoms with Crippen LogP contribution in [0.5, 0.6) is 0 Å². The summed E-state index contributed by atoms with van der Waals surface area (Å²) < 4.78 is 1.73. The molecule has 1 aromatic rings. The smallest absolute Gasteiger partial charge is 0.130 e. The van der Waals surface area contributed by atoms with Gasteiger partial charge in [-0.15, -0.1) is 11.6 Å². The van der Waals surface area contributed by atoms with Crippen molar-refractivity contribution >= 4 is 23.2 Å². The maximum absolute atomic E-state index is 6.17. The third kappa shape index (κ3) is 3.12. The van der Waals surface area contributed by atoms with Gasteiger partial charge in [-0.2, -0.15) is 5.10 Å². The first-order valence-electron chi connectivity index (χ1n) is 5.34. The van der Waals surface area contributed by atoms with E-state index < -0.39 is 0 Å². The molecule has 4 heteroatoms. The molecule has 0 radical (unpaired) electrons. The van der Waals surface area contributed by atoms with Crippen molar-refractivity contribution in [1.82, 2.24) is 9.78 Å². The number of hydrogen-bond donors (Lipinski definition) is 0. The third-order valence-corrected chi connectivity index (χ3v) is 3.59. The molecule has 1 heterocycles. The maximum Gasteiger partial charge on any atom is 0.130 e. The summed E-state index contributed by atoms with van der Waals surface area (Å²) in [6.07, 6.45) is 3.25. The lowest BCUT2D eigenvalue weighted by Crippen LogP contribution is -2.06. The molecule has 1 rings (SSSR count). The summed E-state index contributed by atoms with van der Waals surface area (Å²) in [4.78, 5) is 0. The molecule has 15 heavy (non-hydrogen) atoms. The minimum Gasteiger partial charge on any atom is -0.257 e. The highest BCUT2D eigenvalue weighted by Crippen LogP contribution is 2.24. The fraction of sp³-hybridized carbons (Fsp3) is 0.727. The van der Waals surface area contributed by atoms with Crippen molar-refractivity contribution in [2.75, 3.05) is 5.88 Å². The topological polar surface area (TPSA) is 17.8 Å². The minimum absolute atomic E-state index is 0.511. The monoisotopic (exact) mass is 248 g/mol. The number of nitrogens with zero attached hydrogens (tertiary/aromatic N) is 2. The summed E-state index contributed by atoms with van der Waals surface area (Å²) in [5.74, 6) is 1.20. The third-order valence-electron chi connectivity index (χ3n) is 2.68. The fourth-order valence-electron chi connectivity index (χ4n) is 1.84. The molecule has 0 aromatic carbocycles. The van der Waals surface area contributed by atoms with E-state index in [-0.39, 0.29) is 0 Å². The summed E-state index contributed by atoms with van der Waals surface area (Å²) in [6, 6.07) is 0. The molecule has 0 aliphatic carbocycles.